The van der Waals surface area contributed by atoms with Gasteiger partial charge in [0.1, 0.15) is 43.2 Å². The third-order valence-corrected chi connectivity index (χ3v) is 19.8. The first-order valence-corrected chi connectivity index (χ1v) is 24.7. The van der Waals surface area contributed by atoms with Crippen molar-refractivity contribution in [3.63, 3.8) is 0 Å². The van der Waals surface area contributed by atoms with Gasteiger partial charge in [-0.15, -0.1) is 5.54 Å². The number of likely N-dealkylation sites (N-methyl/N-ethyl adjacent to an activating group) is 1. The predicted octanol–water partition coefficient (Wildman–Crippen LogP) is 11.0. The van der Waals surface area contributed by atoms with Gasteiger partial charge >= 0.3 is 12.1 Å². The van der Waals surface area contributed by atoms with Gasteiger partial charge in [-0.2, -0.15) is 9.97 Å². The highest BCUT2D eigenvalue weighted by Gasteiger charge is 2.45. The number of carbonyl (C=O) groups is 1. The molecule has 3 atom stereocenters. The van der Waals surface area contributed by atoms with E-state index in [9.17, 15) is 4.79 Å². The van der Waals surface area contributed by atoms with Crippen LogP contribution < -0.4 is 14.4 Å². The van der Waals surface area contributed by atoms with E-state index in [0.717, 1.165) is 32.2 Å². The van der Waals surface area contributed by atoms with Gasteiger partial charge in [0.25, 0.3) is 0 Å². The lowest BCUT2D eigenvalue weighted by Gasteiger charge is -2.42. The zero-order chi connectivity index (χ0) is 44.8. The number of ether oxygens (including phenoxy) is 4. The van der Waals surface area contributed by atoms with Gasteiger partial charge in [-0.05, 0) is 112 Å². The smallest absolute Gasteiger partial charge is 0.410 e. The second-order valence-electron chi connectivity index (χ2n) is 19.2. The number of rotatable bonds is 11. The molecule has 334 valence electrons. The Morgan fingerprint density at radius 2 is 1.65 bits per heavy atom. The van der Waals surface area contributed by atoms with Gasteiger partial charge in [0.05, 0.1) is 22.7 Å². The van der Waals surface area contributed by atoms with Gasteiger partial charge < -0.3 is 28.7 Å². The molecule has 4 heterocycles. The molecule has 14 heteroatoms. The Morgan fingerprint density at radius 1 is 0.968 bits per heavy atom. The van der Waals surface area contributed by atoms with Crippen molar-refractivity contribution >= 4 is 53.3 Å². The SMILES string of the molecule is COCOc1cc(-c2c(Cl)cc3c(N4C[C@H]5CC[C@@H](C4)N5C(=O)OC(C)(C)C)nc(OC[C@@H]4CCCN4C)nc3c2F)c2c(C#C[Si](C(C)C)(C(C)C)C(C)C)c(F)ccc2c1. The predicted molar refractivity (Wildman–Crippen MR) is 246 cm³/mol. The summed E-state index contributed by atoms with van der Waals surface area (Å²) < 4.78 is 57.7. The molecular weight excluding hydrogens is 828 g/mol. The first-order valence-electron chi connectivity index (χ1n) is 22.0. The lowest BCUT2D eigenvalue weighted by Crippen LogP contribution is -2.57. The van der Waals surface area contributed by atoms with Crippen LogP contribution in [0.15, 0.2) is 30.3 Å². The van der Waals surface area contributed by atoms with Gasteiger partial charge in [0.2, 0.25) is 0 Å². The number of anilines is 1. The molecule has 3 aromatic carbocycles. The molecule has 3 aliphatic rings. The van der Waals surface area contributed by atoms with Crippen molar-refractivity contribution < 1.29 is 32.5 Å². The van der Waals surface area contributed by atoms with E-state index >= 15 is 8.78 Å². The van der Waals surface area contributed by atoms with Crippen molar-refractivity contribution in [2.75, 3.05) is 52.1 Å². The summed E-state index contributed by atoms with van der Waals surface area (Å²) in [6.07, 6.45) is 3.28. The summed E-state index contributed by atoms with van der Waals surface area (Å²) in [6, 6.07) is 8.13. The topological polar surface area (TPSA) is 89.5 Å². The van der Waals surface area contributed by atoms with E-state index in [1.807, 2.05) is 25.7 Å². The van der Waals surface area contributed by atoms with Crippen LogP contribution in [-0.2, 0) is 9.47 Å². The van der Waals surface area contributed by atoms with Crippen LogP contribution in [0.5, 0.6) is 11.8 Å². The highest BCUT2D eigenvalue weighted by Crippen LogP contribution is 2.46. The van der Waals surface area contributed by atoms with Crippen LogP contribution in [0.1, 0.15) is 93.6 Å². The molecule has 2 bridgehead atoms. The average Bonchev–Trinajstić information content (AvgIpc) is 3.73. The Balaban J connectivity index is 1.42. The zero-order valence-electron chi connectivity index (χ0n) is 38.1. The summed E-state index contributed by atoms with van der Waals surface area (Å²) in [5.74, 6) is 2.98. The van der Waals surface area contributed by atoms with Gasteiger partial charge in [0.15, 0.2) is 12.6 Å². The van der Waals surface area contributed by atoms with Crippen LogP contribution in [-0.4, -0.2) is 105 Å². The highest BCUT2D eigenvalue weighted by atomic mass is 35.5. The Morgan fingerprint density at radius 3 is 2.24 bits per heavy atom. The molecule has 1 amide bonds. The number of aromatic nitrogens is 2. The van der Waals surface area contributed by atoms with Crippen molar-refractivity contribution in [1.82, 2.24) is 19.8 Å². The maximum atomic E-state index is 18.0. The first-order chi connectivity index (χ1) is 29.3. The maximum absolute atomic E-state index is 18.0. The van der Waals surface area contributed by atoms with Crippen LogP contribution in [0.3, 0.4) is 0 Å². The normalized spacial score (nSPS) is 19.6. The zero-order valence-corrected chi connectivity index (χ0v) is 39.9. The Kier molecular flexibility index (Phi) is 13.4. The maximum Gasteiger partial charge on any atom is 0.410 e. The minimum absolute atomic E-state index is 0.0114. The second-order valence-corrected chi connectivity index (χ2v) is 25.2. The van der Waals surface area contributed by atoms with Crippen LogP contribution in [0, 0.1) is 23.1 Å². The van der Waals surface area contributed by atoms with Crippen LogP contribution in [0.4, 0.5) is 19.4 Å². The second kappa shape index (κ2) is 18.1. The highest BCUT2D eigenvalue weighted by molar-refractivity contribution is 6.90. The standard InChI is InChI=1S/C48H62ClF2N5O5Si/c1-28(2)62(29(3)4,30(5)6)20-18-36-40(50)17-14-31-21-35(60-27-58-11)22-37(41(31)36)42-39(49)23-38-44(43(42)51)52-46(59-26-34-13-12-19-54(34)10)53-45(38)55-24-32-15-16-33(25-55)56(32)47(57)61-48(7,8)9/h14,17,21-23,28-30,32-34H,12-13,15-16,19,24-27H2,1-11H3/t32-,33+,34-/m0/s1. The number of halogens is 3. The van der Waals surface area contributed by atoms with E-state index < -0.39 is 25.3 Å². The Hall–Kier alpha value is -4.22. The van der Waals surface area contributed by atoms with Crippen molar-refractivity contribution in [1.29, 1.82) is 0 Å². The number of hydrogen-bond donors (Lipinski definition) is 0. The molecule has 0 radical (unpaired) electrons. The minimum Gasteiger partial charge on any atom is -0.468 e. The van der Waals surface area contributed by atoms with Gasteiger partial charge in [0, 0.05) is 42.6 Å². The number of amides is 1. The van der Waals surface area contributed by atoms with Crippen LogP contribution in [0.2, 0.25) is 21.6 Å². The molecule has 3 saturated heterocycles. The summed E-state index contributed by atoms with van der Waals surface area (Å²) in [5, 5.41) is 1.51. The fourth-order valence-electron chi connectivity index (χ4n) is 10.3. The average molecular weight is 891 g/mol. The van der Waals surface area contributed by atoms with Crippen LogP contribution >= 0.6 is 11.6 Å². The quantitative estimate of drug-likeness (QED) is 0.0830. The number of piperazine rings is 1. The summed E-state index contributed by atoms with van der Waals surface area (Å²) in [7, 11) is 1.26. The lowest BCUT2D eigenvalue weighted by atomic mass is 9.93. The van der Waals surface area contributed by atoms with Crippen molar-refractivity contribution in [3.8, 4) is 34.4 Å². The van der Waals surface area contributed by atoms with Crippen molar-refractivity contribution in [2.45, 2.75) is 128 Å². The van der Waals surface area contributed by atoms with E-state index in [2.05, 4.69) is 69.9 Å². The summed E-state index contributed by atoms with van der Waals surface area (Å²) >= 11 is 7.27. The number of methoxy groups -OCH3 is 1. The Bertz CT molecular complexity index is 2360. The van der Waals surface area contributed by atoms with Gasteiger partial charge in [-0.25, -0.2) is 13.6 Å². The lowest BCUT2D eigenvalue weighted by molar-refractivity contribution is 0.0122. The molecule has 0 saturated carbocycles. The van der Waals surface area contributed by atoms with Crippen molar-refractivity contribution in [2.24, 2.45) is 0 Å². The monoisotopic (exact) mass is 889 g/mol. The third kappa shape index (κ3) is 8.82. The van der Waals surface area contributed by atoms with E-state index in [4.69, 9.17) is 40.5 Å². The van der Waals surface area contributed by atoms with E-state index in [0.29, 0.717) is 69.6 Å². The number of likely N-dealkylation sites (tertiary alicyclic amines) is 1. The largest absolute Gasteiger partial charge is 0.468 e. The van der Waals surface area contributed by atoms with Crippen LogP contribution in [0.25, 0.3) is 32.8 Å². The number of hydrogen-bond acceptors (Lipinski definition) is 9. The summed E-state index contributed by atoms with van der Waals surface area (Å²) in [5.41, 5.74) is 4.51. The van der Waals surface area contributed by atoms with E-state index in [1.54, 1.807) is 24.3 Å². The molecule has 3 fully saturated rings. The fraction of sp³-hybridized carbons (Fsp3) is 0.562. The molecule has 0 N–H and O–H groups in total. The molecule has 62 heavy (non-hydrogen) atoms. The molecule has 0 spiro atoms. The number of fused-ring (bicyclic) bond motifs is 4. The fourth-order valence-corrected chi connectivity index (χ4v) is 15.8. The Labute approximate surface area is 371 Å². The molecular formula is C48H62ClF2N5O5Si. The first kappa shape index (κ1) is 45.8. The molecule has 1 aromatic heterocycles. The van der Waals surface area contributed by atoms with Gasteiger partial charge in [-0.3, -0.25) is 4.90 Å². The number of nitrogens with zero attached hydrogens (tertiary/aromatic N) is 5. The molecule has 4 aromatic rings. The molecule has 0 unspecified atom stereocenters. The molecule has 0 aliphatic carbocycles. The summed E-state index contributed by atoms with van der Waals surface area (Å²) in [4.78, 5) is 29.3. The number of benzene rings is 3. The number of carbonyl (C=O) groups excluding carboxylic acids is 1. The molecule has 7 rings (SSSR count). The van der Waals surface area contributed by atoms with E-state index in [-0.39, 0.29) is 58.7 Å². The minimum atomic E-state index is -2.32. The molecule has 10 nitrogen and oxygen atoms in total. The van der Waals surface area contributed by atoms with Gasteiger partial charge in [-0.1, -0.05) is 65.1 Å². The van der Waals surface area contributed by atoms with Crippen molar-refractivity contribution in [3.05, 3.63) is 52.6 Å². The third-order valence-electron chi connectivity index (χ3n) is 13.2. The summed E-state index contributed by atoms with van der Waals surface area (Å²) in [6.45, 7) is 21.0. The molecule has 3 aliphatic heterocycles. The van der Waals surface area contributed by atoms with E-state index in [1.165, 1.54) is 13.2 Å².